The molecule has 0 aromatic carbocycles. The second kappa shape index (κ2) is 7.79. The summed E-state index contributed by atoms with van der Waals surface area (Å²) >= 11 is 0. The monoisotopic (exact) mass is 289 g/mol. The van der Waals surface area contributed by atoms with Gasteiger partial charge in [-0.1, -0.05) is 33.1 Å². The van der Waals surface area contributed by atoms with Crippen LogP contribution in [0.15, 0.2) is 12.3 Å². The van der Waals surface area contributed by atoms with Gasteiger partial charge in [0.05, 0.1) is 0 Å². The highest BCUT2D eigenvalue weighted by atomic mass is 15.2. The minimum atomic E-state index is 0.504. The van der Waals surface area contributed by atoms with E-state index in [-0.39, 0.29) is 0 Å². The summed E-state index contributed by atoms with van der Waals surface area (Å²) in [6.45, 7) is 10.8. The standard InChI is InChI=1S/C18H31N3/c1-5-21(17-9-7-6-8-10-17)18-11-15(4)20-13-16(18)12-19-14(2)3/h11,13-14,17,19H,5-10,12H2,1-4H3. The van der Waals surface area contributed by atoms with Gasteiger partial charge in [0.2, 0.25) is 0 Å². The molecule has 0 amide bonds. The molecule has 0 unspecified atom stereocenters. The molecule has 1 aliphatic rings. The Morgan fingerprint density at radius 3 is 2.62 bits per heavy atom. The zero-order valence-corrected chi connectivity index (χ0v) is 14.2. The van der Waals surface area contributed by atoms with Gasteiger partial charge in [0, 0.05) is 48.3 Å². The summed E-state index contributed by atoms with van der Waals surface area (Å²) in [6, 6.07) is 3.49. The Bertz CT molecular complexity index is 436. The number of aryl methyl sites for hydroxylation is 1. The fourth-order valence-corrected chi connectivity index (χ4v) is 3.31. The van der Waals surface area contributed by atoms with Gasteiger partial charge < -0.3 is 10.2 Å². The molecule has 0 spiro atoms. The van der Waals surface area contributed by atoms with Gasteiger partial charge in [0.1, 0.15) is 0 Å². The van der Waals surface area contributed by atoms with Crippen molar-refractivity contribution in [2.24, 2.45) is 0 Å². The third kappa shape index (κ3) is 4.44. The zero-order chi connectivity index (χ0) is 15.2. The molecule has 1 heterocycles. The summed E-state index contributed by atoms with van der Waals surface area (Å²) in [7, 11) is 0. The zero-order valence-electron chi connectivity index (χ0n) is 14.2. The number of aromatic nitrogens is 1. The molecule has 0 radical (unpaired) electrons. The van der Waals surface area contributed by atoms with Crippen molar-refractivity contribution in [2.45, 2.75) is 78.4 Å². The number of anilines is 1. The second-order valence-corrected chi connectivity index (χ2v) is 6.57. The highest BCUT2D eigenvalue weighted by molar-refractivity contribution is 5.54. The lowest BCUT2D eigenvalue weighted by molar-refractivity contribution is 0.417. The Balaban J connectivity index is 2.22. The highest BCUT2D eigenvalue weighted by Gasteiger charge is 2.22. The van der Waals surface area contributed by atoms with Gasteiger partial charge in [-0.15, -0.1) is 0 Å². The Hall–Kier alpha value is -1.09. The van der Waals surface area contributed by atoms with E-state index in [1.807, 2.05) is 0 Å². The van der Waals surface area contributed by atoms with E-state index in [9.17, 15) is 0 Å². The normalized spacial score (nSPS) is 16.4. The van der Waals surface area contributed by atoms with Gasteiger partial charge in [0.15, 0.2) is 0 Å². The quantitative estimate of drug-likeness (QED) is 0.856. The van der Waals surface area contributed by atoms with Crippen LogP contribution >= 0.6 is 0 Å². The number of nitrogens with one attached hydrogen (secondary N) is 1. The maximum absolute atomic E-state index is 4.51. The average molecular weight is 289 g/mol. The van der Waals surface area contributed by atoms with E-state index in [2.05, 4.69) is 55.2 Å². The summed E-state index contributed by atoms with van der Waals surface area (Å²) in [5, 5.41) is 3.54. The fourth-order valence-electron chi connectivity index (χ4n) is 3.31. The van der Waals surface area contributed by atoms with Crippen molar-refractivity contribution in [3.8, 4) is 0 Å². The molecule has 1 saturated carbocycles. The molecule has 0 bridgehead atoms. The van der Waals surface area contributed by atoms with E-state index in [0.29, 0.717) is 12.1 Å². The predicted molar refractivity (Wildman–Crippen MR) is 90.8 cm³/mol. The average Bonchev–Trinajstić information content (AvgIpc) is 2.48. The molecule has 1 aliphatic carbocycles. The Labute approximate surface area is 130 Å². The lowest BCUT2D eigenvalue weighted by Gasteiger charge is -2.36. The van der Waals surface area contributed by atoms with Crippen LogP contribution in [0.25, 0.3) is 0 Å². The maximum Gasteiger partial charge on any atom is 0.0447 e. The molecular formula is C18H31N3. The van der Waals surface area contributed by atoms with Gasteiger partial charge in [-0.3, -0.25) is 4.98 Å². The summed E-state index contributed by atoms with van der Waals surface area (Å²) in [6.07, 6.45) is 8.91. The van der Waals surface area contributed by atoms with Crippen LogP contribution in [0, 0.1) is 6.92 Å². The van der Waals surface area contributed by atoms with Gasteiger partial charge in [-0.25, -0.2) is 0 Å². The van der Waals surface area contributed by atoms with Crippen LogP contribution in [0.5, 0.6) is 0 Å². The van der Waals surface area contributed by atoms with Crippen molar-refractivity contribution in [1.29, 1.82) is 0 Å². The number of hydrogen-bond donors (Lipinski definition) is 1. The maximum atomic E-state index is 4.51. The fraction of sp³-hybridized carbons (Fsp3) is 0.722. The van der Waals surface area contributed by atoms with E-state index < -0.39 is 0 Å². The second-order valence-electron chi connectivity index (χ2n) is 6.57. The van der Waals surface area contributed by atoms with Gasteiger partial charge in [0.25, 0.3) is 0 Å². The summed E-state index contributed by atoms with van der Waals surface area (Å²) < 4.78 is 0. The molecule has 2 rings (SSSR count). The van der Waals surface area contributed by atoms with Crippen molar-refractivity contribution in [3.63, 3.8) is 0 Å². The minimum absolute atomic E-state index is 0.504. The first-order chi connectivity index (χ1) is 10.1. The van der Waals surface area contributed by atoms with E-state index in [1.165, 1.54) is 43.4 Å². The minimum Gasteiger partial charge on any atom is -0.368 e. The smallest absolute Gasteiger partial charge is 0.0447 e. The topological polar surface area (TPSA) is 28.2 Å². The molecule has 118 valence electrons. The Kier molecular flexibility index (Phi) is 6.04. The summed E-state index contributed by atoms with van der Waals surface area (Å²) in [5.74, 6) is 0. The highest BCUT2D eigenvalue weighted by Crippen LogP contribution is 2.29. The molecule has 1 fully saturated rings. The van der Waals surface area contributed by atoms with Gasteiger partial charge in [-0.2, -0.15) is 0 Å². The molecule has 0 atom stereocenters. The van der Waals surface area contributed by atoms with Crippen molar-refractivity contribution in [2.75, 3.05) is 11.4 Å². The molecular weight excluding hydrogens is 258 g/mol. The van der Waals surface area contributed by atoms with E-state index >= 15 is 0 Å². The number of hydrogen-bond acceptors (Lipinski definition) is 3. The molecule has 3 heteroatoms. The van der Waals surface area contributed by atoms with Crippen molar-refractivity contribution >= 4 is 5.69 Å². The van der Waals surface area contributed by atoms with Gasteiger partial charge in [-0.05, 0) is 32.8 Å². The SMILES string of the molecule is CCN(c1cc(C)ncc1CNC(C)C)C1CCCCC1. The van der Waals surface area contributed by atoms with Crippen LogP contribution in [0.2, 0.25) is 0 Å². The third-order valence-corrected chi connectivity index (χ3v) is 4.46. The van der Waals surface area contributed by atoms with E-state index in [1.54, 1.807) is 0 Å². The Morgan fingerprint density at radius 2 is 2.00 bits per heavy atom. The molecule has 0 aliphatic heterocycles. The lowest BCUT2D eigenvalue weighted by atomic mass is 9.93. The first-order valence-corrected chi connectivity index (χ1v) is 8.57. The van der Waals surface area contributed by atoms with Gasteiger partial charge >= 0.3 is 0 Å². The summed E-state index contributed by atoms with van der Waals surface area (Å²) in [4.78, 5) is 7.13. The first kappa shape index (κ1) is 16.3. The van der Waals surface area contributed by atoms with E-state index in [4.69, 9.17) is 0 Å². The van der Waals surface area contributed by atoms with Crippen LogP contribution < -0.4 is 10.2 Å². The number of rotatable bonds is 6. The molecule has 3 nitrogen and oxygen atoms in total. The lowest BCUT2D eigenvalue weighted by Crippen LogP contribution is -2.38. The first-order valence-electron chi connectivity index (χ1n) is 8.57. The molecule has 0 saturated heterocycles. The van der Waals surface area contributed by atoms with Crippen LogP contribution in [0.4, 0.5) is 5.69 Å². The van der Waals surface area contributed by atoms with Crippen LogP contribution in [0.3, 0.4) is 0 Å². The summed E-state index contributed by atoms with van der Waals surface area (Å²) in [5.41, 5.74) is 3.85. The van der Waals surface area contributed by atoms with E-state index in [0.717, 1.165) is 18.8 Å². The van der Waals surface area contributed by atoms with Crippen molar-refractivity contribution in [1.82, 2.24) is 10.3 Å². The number of nitrogens with zero attached hydrogens (tertiary/aromatic N) is 2. The number of pyridine rings is 1. The Morgan fingerprint density at radius 1 is 1.29 bits per heavy atom. The molecule has 1 N–H and O–H groups in total. The predicted octanol–water partition coefficient (Wildman–Crippen LogP) is 4.05. The van der Waals surface area contributed by atoms with Crippen molar-refractivity contribution in [3.05, 3.63) is 23.5 Å². The molecule has 1 aromatic heterocycles. The molecule has 1 aromatic rings. The third-order valence-electron chi connectivity index (χ3n) is 4.46. The largest absolute Gasteiger partial charge is 0.368 e. The molecule has 21 heavy (non-hydrogen) atoms. The van der Waals surface area contributed by atoms with Crippen molar-refractivity contribution < 1.29 is 0 Å². The van der Waals surface area contributed by atoms with Crippen LogP contribution in [-0.4, -0.2) is 23.6 Å². The van der Waals surface area contributed by atoms with Crippen LogP contribution in [0.1, 0.15) is 64.1 Å². The van der Waals surface area contributed by atoms with Crippen LogP contribution in [-0.2, 0) is 6.54 Å².